The van der Waals surface area contributed by atoms with Gasteiger partial charge in [-0.05, 0) is 11.6 Å². The summed E-state index contributed by atoms with van der Waals surface area (Å²) < 4.78 is 36.9. The molecular formula is C12H20N2O4S. The number of sulfonamides is 1. The summed E-state index contributed by atoms with van der Waals surface area (Å²) in [6, 6.07) is 6.64. The summed E-state index contributed by atoms with van der Waals surface area (Å²) in [5.41, 5.74) is 6.12. The fourth-order valence-electron chi connectivity index (χ4n) is 1.61. The van der Waals surface area contributed by atoms with Crippen LogP contribution in [0.25, 0.3) is 0 Å². The number of hydrogen-bond acceptors (Lipinski definition) is 5. The molecule has 0 aromatic heterocycles. The Morgan fingerprint density at radius 1 is 1.32 bits per heavy atom. The van der Waals surface area contributed by atoms with E-state index in [0.29, 0.717) is 12.2 Å². The first-order valence-electron chi connectivity index (χ1n) is 5.84. The van der Waals surface area contributed by atoms with Gasteiger partial charge in [-0.15, -0.1) is 0 Å². The first kappa shape index (κ1) is 16.1. The Kier molecular flexibility index (Phi) is 6.40. The SMILES string of the molecule is COCC(CNS(=O)(=O)c1ccccc1CN)OC. The van der Waals surface area contributed by atoms with Gasteiger partial charge in [0, 0.05) is 27.3 Å². The number of ether oxygens (including phenoxy) is 2. The minimum absolute atomic E-state index is 0.144. The molecule has 0 amide bonds. The highest BCUT2D eigenvalue weighted by molar-refractivity contribution is 7.89. The highest BCUT2D eigenvalue weighted by atomic mass is 32.2. The highest BCUT2D eigenvalue weighted by Gasteiger charge is 2.19. The zero-order valence-electron chi connectivity index (χ0n) is 11.1. The van der Waals surface area contributed by atoms with E-state index in [-0.39, 0.29) is 24.1 Å². The van der Waals surface area contributed by atoms with Gasteiger partial charge in [-0.2, -0.15) is 0 Å². The maximum Gasteiger partial charge on any atom is 0.240 e. The van der Waals surface area contributed by atoms with Gasteiger partial charge in [0.1, 0.15) is 0 Å². The van der Waals surface area contributed by atoms with E-state index in [1.807, 2.05) is 0 Å². The Morgan fingerprint density at radius 2 is 2.00 bits per heavy atom. The van der Waals surface area contributed by atoms with Crippen LogP contribution >= 0.6 is 0 Å². The molecule has 1 atom stereocenters. The Hall–Kier alpha value is -0.990. The largest absolute Gasteiger partial charge is 0.382 e. The van der Waals surface area contributed by atoms with E-state index in [0.717, 1.165) is 0 Å². The van der Waals surface area contributed by atoms with Crippen LogP contribution in [0.4, 0.5) is 0 Å². The van der Waals surface area contributed by atoms with Gasteiger partial charge in [-0.3, -0.25) is 0 Å². The molecule has 0 fully saturated rings. The predicted molar refractivity (Wildman–Crippen MR) is 72.2 cm³/mol. The summed E-state index contributed by atoms with van der Waals surface area (Å²) in [6.07, 6.45) is -0.329. The molecule has 1 rings (SSSR count). The molecule has 0 aliphatic rings. The Labute approximate surface area is 113 Å². The molecule has 1 aromatic carbocycles. The summed E-state index contributed by atoms with van der Waals surface area (Å²) >= 11 is 0. The van der Waals surface area contributed by atoms with Gasteiger partial charge in [-0.25, -0.2) is 13.1 Å². The van der Waals surface area contributed by atoms with Gasteiger partial charge in [0.25, 0.3) is 0 Å². The summed E-state index contributed by atoms with van der Waals surface area (Å²) in [5, 5.41) is 0. The fraction of sp³-hybridized carbons (Fsp3) is 0.500. The van der Waals surface area contributed by atoms with Gasteiger partial charge < -0.3 is 15.2 Å². The van der Waals surface area contributed by atoms with Crippen LogP contribution in [0, 0.1) is 0 Å². The molecule has 0 radical (unpaired) electrons. The van der Waals surface area contributed by atoms with Crippen LogP contribution in [-0.4, -0.2) is 41.9 Å². The van der Waals surface area contributed by atoms with Crippen molar-refractivity contribution in [1.82, 2.24) is 4.72 Å². The van der Waals surface area contributed by atoms with Gasteiger partial charge >= 0.3 is 0 Å². The maximum atomic E-state index is 12.2. The van der Waals surface area contributed by atoms with Crippen molar-refractivity contribution < 1.29 is 17.9 Å². The Morgan fingerprint density at radius 3 is 2.58 bits per heavy atom. The van der Waals surface area contributed by atoms with Crippen molar-refractivity contribution in [3.8, 4) is 0 Å². The van der Waals surface area contributed by atoms with Gasteiger partial charge in [0.05, 0.1) is 17.6 Å². The van der Waals surface area contributed by atoms with Crippen molar-refractivity contribution in [2.75, 3.05) is 27.4 Å². The molecule has 1 unspecified atom stereocenters. The van der Waals surface area contributed by atoms with Crippen LogP contribution in [0.5, 0.6) is 0 Å². The lowest BCUT2D eigenvalue weighted by Gasteiger charge is -2.16. The molecule has 0 aliphatic heterocycles. The Balaban J connectivity index is 2.81. The summed E-state index contributed by atoms with van der Waals surface area (Å²) in [4.78, 5) is 0.199. The number of nitrogens with two attached hydrogens (primary N) is 1. The zero-order valence-corrected chi connectivity index (χ0v) is 11.9. The standard InChI is InChI=1S/C12H20N2O4S/c1-17-9-11(18-2)8-14-19(15,16)12-6-4-3-5-10(12)7-13/h3-6,11,14H,7-9,13H2,1-2H3. The summed E-state index contributed by atoms with van der Waals surface area (Å²) in [5.74, 6) is 0. The molecule has 0 heterocycles. The molecule has 19 heavy (non-hydrogen) atoms. The lowest BCUT2D eigenvalue weighted by Crippen LogP contribution is -2.36. The molecular weight excluding hydrogens is 268 g/mol. The van der Waals surface area contributed by atoms with Crippen molar-refractivity contribution in [1.29, 1.82) is 0 Å². The minimum atomic E-state index is -3.59. The van der Waals surface area contributed by atoms with E-state index in [9.17, 15) is 8.42 Å². The van der Waals surface area contributed by atoms with Crippen LogP contribution < -0.4 is 10.5 Å². The van der Waals surface area contributed by atoms with Gasteiger partial charge in [0.15, 0.2) is 0 Å². The molecule has 0 aliphatic carbocycles. The van der Waals surface area contributed by atoms with Crippen molar-refractivity contribution in [3.05, 3.63) is 29.8 Å². The number of hydrogen-bond donors (Lipinski definition) is 2. The average Bonchev–Trinajstić information content (AvgIpc) is 2.43. The number of benzene rings is 1. The lowest BCUT2D eigenvalue weighted by atomic mass is 10.2. The second-order valence-corrected chi connectivity index (χ2v) is 5.71. The first-order chi connectivity index (χ1) is 9.05. The van der Waals surface area contributed by atoms with Crippen LogP contribution in [0.3, 0.4) is 0 Å². The second-order valence-electron chi connectivity index (χ2n) is 3.98. The van der Waals surface area contributed by atoms with E-state index in [4.69, 9.17) is 15.2 Å². The third-order valence-electron chi connectivity index (χ3n) is 2.67. The Bertz CT molecular complexity index is 490. The molecule has 0 saturated carbocycles. The van der Waals surface area contributed by atoms with Crippen LogP contribution in [0.15, 0.2) is 29.2 Å². The second kappa shape index (κ2) is 7.56. The summed E-state index contributed by atoms with van der Waals surface area (Å²) in [6.45, 7) is 0.631. The molecule has 0 saturated heterocycles. The van der Waals surface area contributed by atoms with Crippen molar-refractivity contribution in [2.45, 2.75) is 17.5 Å². The molecule has 6 nitrogen and oxygen atoms in total. The van der Waals surface area contributed by atoms with Crippen molar-refractivity contribution in [3.63, 3.8) is 0 Å². The monoisotopic (exact) mass is 288 g/mol. The molecule has 0 bridgehead atoms. The van der Waals surface area contributed by atoms with E-state index in [2.05, 4.69) is 4.72 Å². The van der Waals surface area contributed by atoms with Gasteiger partial charge in [-0.1, -0.05) is 18.2 Å². The average molecular weight is 288 g/mol. The summed E-state index contributed by atoms with van der Waals surface area (Å²) in [7, 11) is -0.554. The predicted octanol–water partition coefficient (Wildman–Crippen LogP) is 0.0850. The van der Waals surface area contributed by atoms with Crippen molar-refractivity contribution in [2.24, 2.45) is 5.73 Å². The zero-order chi connectivity index (χ0) is 14.3. The van der Waals surface area contributed by atoms with E-state index < -0.39 is 10.0 Å². The third-order valence-corrected chi connectivity index (χ3v) is 4.19. The molecule has 108 valence electrons. The van der Waals surface area contributed by atoms with Crippen LogP contribution in [0.1, 0.15) is 5.56 Å². The molecule has 1 aromatic rings. The van der Waals surface area contributed by atoms with Gasteiger partial charge in [0.2, 0.25) is 10.0 Å². The maximum absolute atomic E-state index is 12.2. The highest BCUT2D eigenvalue weighted by Crippen LogP contribution is 2.14. The number of methoxy groups -OCH3 is 2. The molecule has 3 N–H and O–H groups in total. The quantitative estimate of drug-likeness (QED) is 0.707. The minimum Gasteiger partial charge on any atom is -0.382 e. The van der Waals surface area contributed by atoms with E-state index in [1.165, 1.54) is 20.3 Å². The number of rotatable bonds is 8. The van der Waals surface area contributed by atoms with Crippen molar-refractivity contribution >= 4 is 10.0 Å². The van der Waals surface area contributed by atoms with Crippen LogP contribution in [0.2, 0.25) is 0 Å². The fourth-order valence-corrected chi connectivity index (χ4v) is 2.93. The molecule has 0 spiro atoms. The normalized spacial score (nSPS) is 13.4. The molecule has 7 heteroatoms. The topological polar surface area (TPSA) is 90.7 Å². The van der Waals surface area contributed by atoms with E-state index in [1.54, 1.807) is 18.2 Å². The smallest absolute Gasteiger partial charge is 0.240 e. The number of nitrogens with one attached hydrogen (secondary N) is 1. The third kappa shape index (κ3) is 4.55. The van der Waals surface area contributed by atoms with E-state index >= 15 is 0 Å². The van der Waals surface area contributed by atoms with Crippen LogP contribution in [-0.2, 0) is 26.0 Å². The lowest BCUT2D eigenvalue weighted by molar-refractivity contribution is 0.0320. The first-order valence-corrected chi connectivity index (χ1v) is 7.32.